The van der Waals surface area contributed by atoms with Gasteiger partial charge in [0.15, 0.2) is 0 Å². The molecule has 0 aliphatic heterocycles. The van der Waals surface area contributed by atoms with Gasteiger partial charge in [-0.2, -0.15) is 7.82 Å². The molecule has 0 amide bonds. The first-order valence-corrected chi connectivity index (χ1v) is 2.19. The maximum absolute atomic E-state index is 8.55. The standard InChI is InChI=1S/H3O4P.Sb.Sn/c1-5(2,3)4;;/h(H3,1,2,3,4);;/q;+3;+4/p-3. The Morgan fingerprint density at radius 2 is 1.14 bits per heavy atom. The number of hydrogen-bond donors (Lipinski definition) is 0. The Morgan fingerprint density at radius 3 is 1.14 bits per heavy atom. The first-order valence-electron chi connectivity index (χ1n) is 0.730. The van der Waals surface area contributed by atoms with Crippen molar-refractivity contribution in [1.82, 2.24) is 0 Å². The van der Waals surface area contributed by atoms with Gasteiger partial charge in [-0.25, -0.2) is 0 Å². The third-order valence-corrected chi connectivity index (χ3v) is 0. The van der Waals surface area contributed by atoms with E-state index in [1.165, 1.54) is 0 Å². The van der Waals surface area contributed by atoms with E-state index in [1.54, 1.807) is 0 Å². The van der Waals surface area contributed by atoms with Crippen LogP contribution in [-0.2, 0) is 4.57 Å². The molecule has 0 aliphatic carbocycles. The summed E-state index contributed by atoms with van der Waals surface area (Å²) in [5, 5.41) is 0. The Labute approximate surface area is 75.0 Å². The third-order valence-electron chi connectivity index (χ3n) is 0. The Kier molecular flexibility index (Phi) is 13.3. The second-order valence-electron chi connectivity index (χ2n) is 0.447. The molecule has 0 aliphatic rings. The van der Waals surface area contributed by atoms with Crippen molar-refractivity contribution < 1.29 is 19.2 Å². The largest absolute Gasteiger partial charge is 4.00 e. The molecule has 0 aromatic carbocycles. The smallest absolute Gasteiger partial charge is 0.822 e. The number of rotatable bonds is 0. The molecule has 0 atom stereocenters. The number of hydrogen-bond acceptors (Lipinski definition) is 4. The summed E-state index contributed by atoms with van der Waals surface area (Å²) in [6, 6.07) is 0. The minimum Gasteiger partial charge on any atom is -0.822 e. The van der Waals surface area contributed by atoms with Crippen molar-refractivity contribution in [3.8, 4) is 0 Å². The predicted octanol–water partition coefficient (Wildman–Crippen LogP) is -3.59. The van der Waals surface area contributed by atoms with Gasteiger partial charge in [0.25, 0.3) is 0 Å². The van der Waals surface area contributed by atoms with Crippen LogP contribution in [0.4, 0.5) is 0 Å². The summed E-state index contributed by atoms with van der Waals surface area (Å²) in [4.78, 5) is 25.6. The van der Waals surface area contributed by atoms with Crippen LogP contribution in [0.3, 0.4) is 0 Å². The molecule has 0 N–H and O–H groups in total. The minimum atomic E-state index is -5.39. The van der Waals surface area contributed by atoms with Gasteiger partial charge in [0.05, 0.1) is 0 Å². The van der Waals surface area contributed by atoms with E-state index in [-0.39, 0.29) is 48.3 Å². The molecule has 0 spiro atoms. The summed E-state index contributed by atoms with van der Waals surface area (Å²) in [5.41, 5.74) is 0. The van der Waals surface area contributed by atoms with E-state index in [0.717, 1.165) is 0 Å². The molecule has 0 rings (SSSR count). The van der Waals surface area contributed by atoms with Gasteiger partial charge >= 0.3 is 48.3 Å². The van der Waals surface area contributed by atoms with Crippen LogP contribution in [0.25, 0.3) is 0 Å². The van der Waals surface area contributed by atoms with Gasteiger partial charge in [0.2, 0.25) is 0 Å². The van der Waals surface area contributed by atoms with Crippen LogP contribution in [0.5, 0.6) is 0 Å². The fraction of sp³-hybridized carbons (Fsp3) is 0. The van der Waals surface area contributed by atoms with Gasteiger partial charge in [-0.05, 0) is 0 Å². The summed E-state index contributed by atoms with van der Waals surface area (Å²) in [5.74, 6) is 0. The topological polar surface area (TPSA) is 86.2 Å². The molecular formula is O4PSbSn+4. The molecule has 34 valence electrons. The maximum Gasteiger partial charge on any atom is 4.00 e. The summed E-state index contributed by atoms with van der Waals surface area (Å²) >= 11 is 0. The van der Waals surface area contributed by atoms with Crippen molar-refractivity contribution in [3.63, 3.8) is 0 Å². The van der Waals surface area contributed by atoms with E-state index < -0.39 is 7.82 Å². The third kappa shape index (κ3) is 85.0. The van der Waals surface area contributed by atoms with Crippen LogP contribution in [0.2, 0.25) is 0 Å². The SMILES string of the molecule is O=P([O-])([O-])[O-].[Sb+3].[Sn+4]. The molecule has 4 nitrogen and oxygen atoms in total. The molecule has 0 saturated carbocycles. The Hall–Kier alpha value is 1.73. The van der Waals surface area contributed by atoms with Crippen molar-refractivity contribution in [1.29, 1.82) is 0 Å². The zero-order valence-corrected chi connectivity index (χ0v) is 9.33. The van der Waals surface area contributed by atoms with Crippen molar-refractivity contribution in [3.05, 3.63) is 0 Å². The molecule has 2 radical (unpaired) electrons. The van der Waals surface area contributed by atoms with Gasteiger partial charge in [-0.1, -0.05) is 0 Å². The van der Waals surface area contributed by atoms with Gasteiger partial charge in [0.1, 0.15) is 0 Å². The fourth-order valence-electron chi connectivity index (χ4n) is 0. The first-order chi connectivity index (χ1) is 2.00. The second kappa shape index (κ2) is 5.86. The molecule has 0 saturated heterocycles. The quantitative estimate of drug-likeness (QED) is 0.338. The Morgan fingerprint density at radius 1 is 1.14 bits per heavy atom. The summed E-state index contributed by atoms with van der Waals surface area (Å²) in [6.07, 6.45) is 0. The van der Waals surface area contributed by atoms with Crippen molar-refractivity contribution in [2.24, 2.45) is 0 Å². The maximum atomic E-state index is 8.55. The number of phosphoric acid groups is 1. The van der Waals surface area contributed by atoms with E-state index in [1.807, 2.05) is 0 Å². The van der Waals surface area contributed by atoms with Crippen LogP contribution in [0, 0.1) is 0 Å². The van der Waals surface area contributed by atoms with E-state index in [4.69, 9.17) is 19.2 Å². The van der Waals surface area contributed by atoms with Gasteiger partial charge in [0, 0.05) is 0 Å². The average Bonchev–Trinajstić information content (AvgIpc) is 0.722. The van der Waals surface area contributed by atoms with Crippen LogP contribution >= 0.6 is 7.82 Å². The van der Waals surface area contributed by atoms with E-state index in [2.05, 4.69) is 0 Å². The molecule has 0 bridgehead atoms. The molecule has 0 fully saturated rings. The van der Waals surface area contributed by atoms with Crippen LogP contribution < -0.4 is 14.7 Å². The predicted molar refractivity (Wildman–Crippen MR) is 19.1 cm³/mol. The van der Waals surface area contributed by atoms with Gasteiger partial charge < -0.3 is 19.2 Å². The molecule has 0 heterocycles. The monoisotopic (exact) mass is 336 g/mol. The Balaban J connectivity index is -0.0000000800. The van der Waals surface area contributed by atoms with E-state index in [9.17, 15) is 0 Å². The molecular weight excluding hydrogens is 335 g/mol. The van der Waals surface area contributed by atoms with Crippen molar-refractivity contribution >= 4 is 56.2 Å². The van der Waals surface area contributed by atoms with Gasteiger partial charge in [-0.3, -0.25) is 0 Å². The molecule has 0 aromatic heterocycles. The van der Waals surface area contributed by atoms with Crippen LogP contribution in [0.15, 0.2) is 0 Å². The molecule has 7 heavy (non-hydrogen) atoms. The average molecular weight is 335 g/mol. The Bertz CT molecular complexity index is 57.8. The van der Waals surface area contributed by atoms with E-state index in [0.29, 0.717) is 0 Å². The van der Waals surface area contributed by atoms with Crippen LogP contribution in [-0.4, -0.2) is 48.3 Å². The van der Waals surface area contributed by atoms with Gasteiger partial charge in [-0.15, -0.1) is 0 Å². The normalized spacial score (nSPS) is 8.43. The van der Waals surface area contributed by atoms with Crippen molar-refractivity contribution in [2.45, 2.75) is 0 Å². The van der Waals surface area contributed by atoms with Crippen molar-refractivity contribution in [2.75, 3.05) is 0 Å². The zero-order valence-electron chi connectivity index (χ0n) is 3.03. The molecule has 0 aromatic rings. The summed E-state index contributed by atoms with van der Waals surface area (Å²) in [7, 11) is -5.39. The minimum absolute atomic E-state index is 0. The fourth-order valence-corrected chi connectivity index (χ4v) is 0. The zero-order chi connectivity index (χ0) is 4.50. The van der Waals surface area contributed by atoms with E-state index >= 15 is 0 Å². The molecule has 7 heteroatoms. The first kappa shape index (κ1) is 15.9. The second-order valence-corrected chi connectivity index (χ2v) is 1.34. The summed E-state index contributed by atoms with van der Waals surface area (Å²) < 4.78 is 8.55. The summed E-state index contributed by atoms with van der Waals surface area (Å²) in [6.45, 7) is 0. The van der Waals surface area contributed by atoms with Crippen LogP contribution in [0.1, 0.15) is 0 Å². The molecule has 0 unspecified atom stereocenters.